The summed E-state index contributed by atoms with van der Waals surface area (Å²) in [6.07, 6.45) is 4.63. The van der Waals surface area contributed by atoms with Crippen molar-refractivity contribution in [3.05, 3.63) is 59.4 Å². The molecule has 0 aliphatic carbocycles. The number of aromatic nitrogens is 1. The molecule has 2 aromatic rings. The average Bonchev–Trinajstić information content (AvgIpc) is 2.51. The number of carbonyl (C=O) groups excluding carboxylic acids is 2. The fourth-order valence-corrected chi connectivity index (χ4v) is 1.80. The third kappa shape index (κ3) is 4.24. The molecule has 0 aliphatic rings. The molecule has 22 heavy (non-hydrogen) atoms. The summed E-state index contributed by atoms with van der Waals surface area (Å²) >= 11 is 0. The number of carbonyl (C=O) groups is 2. The van der Waals surface area contributed by atoms with Gasteiger partial charge in [-0.3, -0.25) is 14.6 Å². The largest absolute Gasteiger partial charge is 0.329 e. The number of hydrogen-bond donors (Lipinski definition) is 2. The van der Waals surface area contributed by atoms with Crippen molar-refractivity contribution in [2.45, 2.75) is 13.8 Å². The zero-order valence-electron chi connectivity index (χ0n) is 12.3. The number of rotatable bonds is 3. The first-order valence-corrected chi connectivity index (χ1v) is 6.68. The number of benzene rings is 1. The average molecular weight is 296 g/mol. The molecule has 0 radical (unpaired) electrons. The van der Waals surface area contributed by atoms with Crippen LogP contribution in [0.1, 0.15) is 16.7 Å². The molecule has 0 unspecified atom stereocenters. The van der Waals surface area contributed by atoms with Gasteiger partial charge in [0.15, 0.2) is 0 Å². The molecule has 6 nitrogen and oxygen atoms in total. The van der Waals surface area contributed by atoms with E-state index in [0.29, 0.717) is 5.69 Å². The van der Waals surface area contributed by atoms with Crippen LogP contribution in [0.15, 0.2) is 47.8 Å². The van der Waals surface area contributed by atoms with E-state index in [-0.39, 0.29) is 0 Å². The van der Waals surface area contributed by atoms with Crippen LogP contribution in [0.5, 0.6) is 0 Å². The van der Waals surface area contributed by atoms with E-state index in [1.165, 1.54) is 6.21 Å². The molecule has 1 aromatic heterocycles. The highest BCUT2D eigenvalue weighted by Crippen LogP contribution is 2.15. The molecule has 1 aromatic carbocycles. The Bertz CT molecular complexity index is 711. The van der Waals surface area contributed by atoms with Crippen LogP contribution in [-0.4, -0.2) is 23.0 Å². The number of anilines is 1. The molecule has 0 atom stereocenters. The number of hydrogen-bond acceptors (Lipinski definition) is 4. The Morgan fingerprint density at radius 3 is 2.68 bits per heavy atom. The lowest BCUT2D eigenvalue weighted by Gasteiger charge is -2.07. The van der Waals surface area contributed by atoms with Crippen molar-refractivity contribution in [2.24, 2.45) is 5.10 Å². The van der Waals surface area contributed by atoms with Crippen LogP contribution in [0.3, 0.4) is 0 Å². The van der Waals surface area contributed by atoms with Crippen LogP contribution in [-0.2, 0) is 9.59 Å². The first-order valence-electron chi connectivity index (χ1n) is 6.68. The lowest BCUT2D eigenvalue weighted by molar-refractivity contribution is -0.136. The van der Waals surface area contributed by atoms with E-state index in [2.05, 4.69) is 20.8 Å². The predicted octanol–water partition coefficient (Wildman–Crippen LogP) is 1.79. The molecular formula is C16H16N4O2. The summed E-state index contributed by atoms with van der Waals surface area (Å²) in [6, 6.07) is 9.07. The highest BCUT2D eigenvalue weighted by Gasteiger charge is 2.13. The summed E-state index contributed by atoms with van der Waals surface area (Å²) in [4.78, 5) is 27.4. The molecule has 0 fully saturated rings. The molecule has 112 valence electrons. The van der Waals surface area contributed by atoms with Crippen LogP contribution in [0.2, 0.25) is 0 Å². The Morgan fingerprint density at radius 2 is 2.00 bits per heavy atom. The van der Waals surface area contributed by atoms with Gasteiger partial charge in [-0.25, -0.2) is 5.43 Å². The minimum Gasteiger partial charge on any atom is -0.317 e. The molecule has 2 rings (SSSR count). The smallest absolute Gasteiger partial charge is 0.317 e. The standard InChI is InChI=1S/C16H16N4O2/c1-11-5-6-14(12(2)8-11)19-15(21)16(22)20-18-10-13-4-3-7-17-9-13/h3-10H,1-2H3,(H,19,21)(H,20,22)/b18-10+. The zero-order valence-corrected chi connectivity index (χ0v) is 12.3. The van der Waals surface area contributed by atoms with Crippen molar-refractivity contribution in [1.82, 2.24) is 10.4 Å². The Kier molecular flexibility index (Phi) is 4.98. The number of pyridine rings is 1. The molecular weight excluding hydrogens is 280 g/mol. The summed E-state index contributed by atoms with van der Waals surface area (Å²) in [7, 11) is 0. The van der Waals surface area contributed by atoms with Gasteiger partial charge in [-0.05, 0) is 31.5 Å². The third-order valence-corrected chi connectivity index (χ3v) is 2.90. The van der Waals surface area contributed by atoms with Gasteiger partial charge in [0.25, 0.3) is 0 Å². The van der Waals surface area contributed by atoms with Gasteiger partial charge in [0.2, 0.25) is 0 Å². The van der Waals surface area contributed by atoms with Gasteiger partial charge in [0.1, 0.15) is 0 Å². The van der Waals surface area contributed by atoms with E-state index in [0.717, 1.165) is 16.7 Å². The molecule has 0 aliphatic heterocycles. The van der Waals surface area contributed by atoms with Crippen molar-refractivity contribution in [1.29, 1.82) is 0 Å². The monoisotopic (exact) mass is 296 g/mol. The normalized spacial score (nSPS) is 10.5. The molecule has 0 saturated carbocycles. The van der Waals surface area contributed by atoms with Crippen molar-refractivity contribution in [3.63, 3.8) is 0 Å². The van der Waals surface area contributed by atoms with E-state index in [4.69, 9.17) is 0 Å². The Labute approximate surface area is 128 Å². The van der Waals surface area contributed by atoms with E-state index < -0.39 is 11.8 Å². The van der Waals surface area contributed by atoms with Crippen LogP contribution >= 0.6 is 0 Å². The second-order valence-corrected chi connectivity index (χ2v) is 4.76. The first kappa shape index (κ1) is 15.4. The number of amides is 2. The minimum atomic E-state index is -0.833. The van der Waals surface area contributed by atoms with Gasteiger partial charge in [0.05, 0.1) is 6.21 Å². The van der Waals surface area contributed by atoms with Gasteiger partial charge in [-0.15, -0.1) is 0 Å². The molecule has 1 heterocycles. The third-order valence-electron chi connectivity index (χ3n) is 2.90. The number of nitrogens with one attached hydrogen (secondary N) is 2. The molecule has 6 heteroatoms. The quantitative estimate of drug-likeness (QED) is 0.514. The summed E-state index contributed by atoms with van der Waals surface area (Å²) in [5, 5.41) is 6.26. The Hall–Kier alpha value is -3.02. The lowest BCUT2D eigenvalue weighted by Crippen LogP contribution is -2.32. The number of nitrogens with zero attached hydrogens (tertiary/aromatic N) is 2. The number of aryl methyl sites for hydroxylation is 2. The predicted molar refractivity (Wildman–Crippen MR) is 84.5 cm³/mol. The number of hydrazone groups is 1. The maximum absolute atomic E-state index is 11.8. The van der Waals surface area contributed by atoms with E-state index in [9.17, 15) is 9.59 Å². The molecule has 2 N–H and O–H groups in total. The van der Waals surface area contributed by atoms with Crippen molar-refractivity contribution in [2.75, 3.05) is 5.32 Å². The van der Waals surface area contributed by atoms with Crippen LogP contribution in [0.25, 0.3) is 0 Å². The first-order chi connectivity index (χ1) is 10.6. The van der Waals surface area contributed by atoms with E-state index >= 15 is 0 Å². The molecule has 0 saturated heterocycles. The molecule has 0 spiro atoms. The lowest BCUT2D eigenvalue weighted by atomic mass is 10.1. The second kappa shape index (κ2) is 7.12. The van der Waals surface area contributed by atoms with Crippen LogP contribution in [0.4, 0.5) is 5.69 Å². The molecule has 2 amide bonds. The van der Waals surface area contributed by atoms with Crippen molar-refractivity contribution in [3.8, 4) is 0 Å². The summed E-state index contributed by atoms with van der Waals surface area (Å²) in [5.41, 5.74) is 5.46. The van der Waals surface area contributed by atoms with Crippen molar-refractivity contribution < 1.29 is 9.59 Å². The topological polar surface area (TPSA) is 83.5 Å². The summed E-state index contributed by atoms with van der Waals surface area (Å²) in [6.45, 7) is 3.82. The Balaban J connectivity index is 1.92. The Morgan fingerprint density at radius 1 is 1.18 bits per heavy atom. The van der Waals surface area contributed by atoms with Gasteiger partial charge >= 0.3 is 11.8 Å². The van der Waals surface area contributed by atoms with Crippen LogP contribution in [0, 0.1) is 13.8 Å². The van der Waals surface area contributed by atoms with Gasteiger partial charge in [-0.2, -0.15) is 5.10 Å². The van der Waals surface area contributed by atoms with Gasteiger partial charge in [-0.1, -0.05) is 23.8 Å². The fraction of sp³-hybridized carbons (Fsp3) is 0.125. The van der Waals surface area contributed by atoms with Gasteiger partial charge < -0.3 is 5.32 Å². The maximum Gasteiger partial charge on any atom is 0.329 e. The zero-order chi connectivity index (χ0) is 15.9. The highest BCUT2D eigenvalue weighted by atomic mass is 16.2. The molecule has 0 bridgehead atoms. The SMILES string of the molecule is Cc1ccc(NC(=O)C(=O)N/N=C/c2cccnc2)c(C)c1. The van der Waals surface area contributed by atoms with E-state index in [1.807, 2.05) is 26.0 Å². The second-order valence-electron chi connectivity index (χ2n) is 4.76. The van der Waals surface area contributed by atoms with Crippen LogP contribution < -0.4 is 10.7 Å². The maximum atomic E-state index is 11.8. The summed E-state index contributed by atoms with van der Waals surface area (Å²) in [5.74, 6) is -1.60. The summed E-state index contributed by atoms with van der Waals surface area (Å²) < 4.78 is 0. The van der Waals surface area contributed by atoms with E-state index in [1.54, 1.807) is 30.6 Å². The fourth-order valence-electron chi connectivity index (χ4n) is 1.80. The minimum absolute atomic E-state index is 0.599. The van der Waals surface area contributed by atoms with Crippen molar-refractivity contribution >= 4 is 23.7 Å². The van der Waals surface area contributed by atoms with Gasteiger partial charge in [0, 0.05) is 23.6 Å². The highest BCUT2D eigenvalue weighted by molar-refractivity contribution is 6.39.